The number of hydrogen-bond acceptors (Lipinski definition) is 13. The fourth-order valence-corrected chi connectivity index (χ4v) is 12.4. The molecule has 1 amide bonds. The van der Waals surface area contributed by atoms with Crippen LogP contribution >= 0.6 is 0 Å². The first-order valence-corrected chi connectivity index (χ1v) is 35.8. The first-order valence-electron chi connectivity index (χ1n) is 35.8. The van der Waals surface area contributed by atoms with Crippen molar-refractivity contribution in [1.29, 1.82) is 0 Å². The fourth-order valence-electron chi connectivity index (χ4n) is 12.4. The highest BCUT2D eigenvalue weighted by Gasteiger charge is 2.51. The van der Waals surface area contributed by atoms with Crippen molar-refractivity contribution >= 4 is 5.91 Å². The average molecular weight is 1190 g/mol. The summed E-state index contributed by atoms with van der Waals surface area (Å²) in [4.78, 5) is 13.3. The lowest BCUT2D eigenvalue weighted by molar-refractivity contribution is -0.359. The van der Waals surface area contributed by atoms with E-state index in [1.807, 2.05) is 0 Å². The molecular formula is C69H135NO13. The molecule has 14 heteroatoms. The third-order valence-corrected chi connectivity index (χ3v) is 18.1. The standard InChI is InChI=1S/C69H135NO13/c1-3-5-7-9-11-13-15-17-19-21-23-25-26-27-28-29-30-31-33-34-36-38-40-42-44-46-48-50-52-58(73)57(56-80-68-66(79)64(77)67(60(55-72)82-68)83-69-65(78)63(76)62(75)59(54-71)81-69)70-61(74)53-51-49-47-45-43-41-39-37-35-32-24-22-20-18-16-14-12-10-8-6-4-2/h57-60,62-69,71-73,75-79H,3-56H2,1-2H3,(H,70,74). The molecule has 9 N–H and O–H groups in total. The van der Waals surface area contributed by atoms with E-state index in [4.69, 9.17) is 18.9 Å². The van der Waals surface area contributed by atoms with Gasteiger partial charge < -0.3 is 65.1 Å². The molecule has 2 rings (SSSR count). The Balaban J connectivity index is 1.65. The molecule has 2 heterocycles. The van der Waals surface area contributed by atoms with E-state index >= 15 is 0 Å². The van der Waals surface area contributed by atoms with Crippen molar-refractivity contribution in [3.63, 3.8) is 0 Å². The maximum atomic E-state index is 13.3. The van der Waals surface area contributed by atoms with Crippen molar-refractivity contribution in [2.24, 2.45) is 0 Å². The molecule has 0 aromatic carbocycles. The largest absolute Gasteiger partial charge is 0.394 e. The molecule has 2 aliphatic rings. The molecule has 83 heavy (non-hydrogen) atoms. The summed E-state index contributed by atoms with van der Waals surface area (Å²) >= 11 is 0. The molecule has 2 aliphatic heterocycles. The summed E-state index contributed by atoms with van der Waals surface area (Å²) in [5.74, 6) is -0.197. The predicted octanol–water partition coefficient (Wildman–Crippen LogP) is 14.4. The second-order valence-corrected chi connectivity index (χ2v) is 25.7. The summed E-state index contributed by atoms with van der Waals surface area (Å²) < 4.78 is 22.9. The van der Waals surface area contributed by atoms with E-state index in [1.165, 1.54) is 263 Å². The number of aliphatic hydroxyl groups is 8. The summed E-state index contributed by atoms with van der Waals surface area (Å²) in [6, 6.07) is -0.824. The Bertz CT molecular complexity index is 1400. The first kappa shape index (κ1) is 78.1. The molecule has 0 bridgehead atoms. The molecular weight excluding hydrogens is 1050 g/mol. The fraction of sp³-hybridized carbons (Fsp3) is 0.986. The normalized spacial score (nSPS) is 23.7. The van der Waals surface area contributed by atoms with Crippen molar-refractivity contribution in [1.82, 2.24) is 5.32 Å². The van der Waals surface area contributed by atoms with Crippen LogP contribution in [0.2, 0.25) is 0 Å². The maximum Gasteiger partial charge on any atom is 0.220 e. The summed E-state index contributed by atoms with van der Waals surface area (Å²) in [6.07, 6.45) is 48.3. The van der Waals surface area contributed by atoms with E-state index in [1.54, 1.807) is 0 Å². The van der Waals surface area contributed by atoms with Gasteiger partial charge >= 0.3 is 0 Å². The summed E-state index contributed by atoms with van der Waals surface area (Å²) in [5, 5.41) is 87.6. The zero-order valence-corrected chi connectivity index (χ0v) is 53.7. The molecule has 0 saturated carbocycles. The topological polar surface area (TPSA) is 228 Å². The number of hydrogen-bond donors (Lipinski definition) is 9. The molecule has 0 aromatic heterocycles. The lowest BCUT2D eigenvalue weighted by Crippen LogP contribution is -2.65. The van der Waals surface area contributed by atoms with Crippen LogP contribution in [0.5, 0.6) is 0 Å². The van der Waals surface area contributed by atoms with Crippen LogP contribution in [0.15, 0.2) is 0 Å². The quantitative estimate of drug-likeness (QED) is 0.0259. The van der Waals surface area contributed by atoms with Gasteiger partial charge in [0.25, 0.3) is 0 Å². The van der Waals surface area contributed by atoms with Gasteiger partial charge in [0.1, 0.15) is 48.8 Å². The maximum absolute atomic E-state index is 13.3. The van der Waals surface area contributed by atoms with Gasteiger partial charge in [0, 0.05) is 6.42 Å². The highest BCUT2D eigenvalue weighted by atomic mass is 16.7. The summed E-state index contributed by atoms with van der Waals surface area (Å²) in [6.45, 7) is 2.93. The van der Waals surface area contributed by atoms with Gasteiger partial charge in [-0.3, -0.25) is 4.79 Å². The van der Waals surface area contributed by atoms with E-state index in [9.17, 15) is 45.6 Å². The third kappa shape index (κ3) is 39.6. The van der Waals surface area contributed by atoms with Crippen LogP contribution in [-0.2, 0) is 23.7 Å². The van der Waals surface area contributed by atoms with Crippen molar-refractivity contribution in [2.45, 2.75) is 415 Å². The zero-order chi connectivity index (χ0) is 60.2. The van der Waals surface area contributed by atoms with Crippen molar-refractivity contribution in [3.05, 3.63) is 0 Å². The van der Waals surface area contributed by atoms with Crippen LogP contribution in [0, 0.1) is 0 Å². The molecule has 0 aromatic rings. The minimum absolute atomic E-state index is 0.197. The Morgan fingerprint density at radius 1 is 0.386 bits per heavy atom. The Morgan fingerprint density at radius 2 is 0.687 bits per heavy atom. The zero-order valence-electron chi connectivity index (χ0n) is 53.7. The first-order chi connectivity index (χ1) is 40.6. The van der Waals surface area contributed by atoms with E-state index < -0.39 is 86.8 Å². The molecule has 2 fully saturated rings. The van der Waals surface area contributed by atoms with E-state index in [0.717, 1.165) is 51.4 Å². The monoisotopic (exact) mass is 1190 g/mol. The van der Waals surface area contributed by atoms with Crippen LogP contribution in [0.1, 0.15) is 341 Å². The molecule has 2 saturated heterocycles. The number of amides is 1. The van der Waals surface area contributed by atoms with Gasteiger partial charge in [0.2, 0.25) is 5.91 Å². The lowest BCUT2D eigenvalue weighted by Gasteiger charge is -2.46. The average Bonchev–Trinajstić information content (AvgIpc) is 3.65. The van der Waals surface area contributed by atoms with Gasteiger partial charge in [-0.2, -0.15) is 0 Å². The van der Waals surface area contributed by atoms with Gasteiger partial charge in [-0.25, -0.2) is 0 Å². The van der Waals surface area contributed by atoms with Gasteiger partial charge in [0.15, 0.2) is 12.6 Å². The number of nitrogens with one attached hydrogen (secondary N) is 1. The van der Waals surface area contributed by atoms with E-state index in [-0.39, 0.29) is 12.5 Å². The van der Waals surface area contributed by atoms with E-state index in [2.05, 4.69) is 19.2 Å². The molecule has 0 radical (unpaired) electrons. The van der Waals surface area contributed by atoms with Crippen LogP contribution in [0.4, 0.5) is 0 Å². The van der Waals surface area contributed by atoms with Crippen molar-refractivity contribution < 1.29 is 64.6 Å². The third-order valence-electron chi connectivity index (χ3n) is 18.1. The summed E-state index contributed by atoms with van der Waals surface area (Å²) in [7, 11) is 0. The molecule has 0 spiro atoms. The minimum atomic E-state index is -1.78. The van der Waals surface area contributed by atoms with Crippen LogP contribution in [-0.4, -0.2) is 140 Å². The Morgan fingerprint density at radius 3 is 1.02 bits per heavy atom. The smallest absolute Gasteiger partial charge is 0.220 e. The van der Waals surface area contributed by atoms with Gasteiger partial charge in [0.05, 0.1) is 32.0 Å². The molecule has 0 aliphatic carbocycles. The number of ether oxygens (including phenoxy) is 4. The number of carbonyl (C=O) groups excluding carboxylic acids is 1. The molecule has 494 valence electrons. The van der Waals surface area contributed by atoms with Crippen molar-refractivity contribution in [2.75, 3.05) is 19.8 Å². The Kier molecular flexibility index (Phi) is 51.8. The SMILES string of the molecule is CCCCCCCCCCCCCCCCCCCCCCCCCCCCCCC(O)C(COC1OC(CO)C(OC2OC(CO)C(O)C(O)C2O)C(O)C1O)NC(=O)CCCCCCCCCCCCCCCCCCCCCCC. The second-order valence-electron chi connectivity index (χ2n) is 25.7. The predicted molar refractivity (Wildman–Crippen MR) is 337 cm³/mol. The van der Waals surface area contributed by atoms with Gasteiger partial charge in [-0.1, -0.05) is 322 Å². The number of carbonyl (C=O) groups is 1. The van der Waals surface area contributed by atoms with Crippen LogP contribution < -0.4 is 5.32 Å². The molecule has 12 unspecified atom stereocenters. The number of rotatable bonds is 60. The Hall–Kier alpha value is -1.01. The van der Waals surface area contributed by atoms with Crippen LogP contribution in [0.3, 0.4) is 0 Å². The molecule has 12 atom stereocenters. The number of aliphatic hydroxyl groups excluding tert-OH is 8. The molecule has 14 nitrogen and oxygen atoms in total. The van der Waals surface area contributed by atoms with Gasteiger partial charge in [-0.05, 0) is 12.8 Å². The second kappa shape index (κ2) is 55.1. The van der Waals surface area contributed by atoms with Crippen molar-refractivity contribution in [3.8, 4) is 0 Å². The number of unbranched alkanes of at least 4 members (excludes halogenated alkanes) is 47. The van der Waals surface area contributed by atoms with Crippen LogP contribution in [0.25, 0.3) is 0 Å². The minimum Gasteiger partial charge on any atom is -0.394 e. The highest BCUT2D eigenvalue weighted by molar-refractivity contribution is 5.76. The van der Waals surface area contributed by atoms with Gasteiger partial charge in [-0.15, -0.1) is 0 Å². The van der Waals surface area contributed by atoms with E-state index in [0.29, 0.717) is 12.8 Å². The highest BCUT2D eigenvalue weighted by Crippen LogP contribution is 2.30. The lowest BCUT2D eigenvalue weighted by atomic mass is 9.97. The summed E-state index contributed by atoms with van der Waals surface area (Å²) in [5.41, 5.74) is 0. The Labute approximate surface area is 508 Å².